The second-order valence-corrected chi connectivity index (χ2v) is 7.25. The molecule has 0 aliphatic heterocycles. The first-order valence-electron chi connectivity index (χ1n) is 9.79. The number of rotatable bonds is 8. The van der Waals surface area contributed by atoms with Gasteiger partial charge in [-0.2, -0.15) is 5.10 Å². The molecule has 2 aromatic rings. The Kier molecular flexibility index (Phi) is 6.80. The lowest BCUT2D eigenvalue weighted by Crippen LogP contribution is -2.32. The molecule has 144 valence electrons. The van der Waals surface area contributed by atoms with Gasteiger partial charge in [0, 0.05) is 38.4 Å². The summed E-state index contributed by atoms with van der Waals surface area (Å²) in [6.07, 6.45) is 11.0. The van der Waals surface area contributed by atoms with Crippen LogP contribution in [0.3, 0.4) is 0 Å². The van der Waals surface area contributed by atoms with Crippen molar-refractivity contribution < 1.29 is 9.18 Å². The van der Waals surface area contributed by atoms with Gasteiger partial charge in [0.1, 0.15) is 5.82 Å². The van der Waals surface area contributed by atoms with Crippen molar-refractivity contribution in [3.63, 3.8) is 0 Å². The first-order chi connectivity index (χ1) is 13.1. The van der Waals surface area contributed by atoms with Crippen molar-refractivity contribution in [3.8, 4) is 0 Å². The topological polar surface area (TPSA) is 38.1 Å². The Morgan fingerprint density at radius 2 is 2.00 bits per heavy atom. The first-order valence-corrected chi connectivity index (χ1v) is 9.79. The molecule has 0 atom stereocenters. The summed E-state index contributed by atoms with van der Waals surface area (Å²) in [5.41, 5.74) is 3.48. The highest BCUT2D eigenvalue weighted by molar-refractivity contribution is 5.76. The van der Waals surface area contributed by atoms with Crippen LogP contribution in [0.1, 0.15) is 49.8 Å². The maximum absolute atomic E-state index is 13.2. The highest BCUT2D eigenvalue weighted by Crippen LogP contribution is 2.21. The van der Waals surface area contributed by atoms with Crippen LogP contribution in [0.2, 0.25) is 0 Å². The number of hydrogen-bond donors (Lipinski definition) is 0. The molecule has 5 heteroatoms. The van der Waals surface area contributed by atoms with Crippen LogP contribution in [0, 0.1) is 5.82 Å². The molecular weight excluding hydrogens is 341 g/mol. The maximum atomic E-state index is 13.2. The molecule has 0 bridgehead atoms. The summed E-state index contributed by atoms with van der Waals surface area (Å²) in [6.45, 7) is 1.24. The van der Waals surface area contributed by atoms with E-state index in [-0.39, 0.29) is 11.7 Å². The van der Waals surface area contributed by atoms with Gasteiger partial charge in [0.15, 0.2) is 0 Å². The van der Waals surface area contributed by atoms with E-state index in [2.05, 4.69) is 11.2 Å². The van der Waals surface area contributed by atoms with Crippen LogP contribution < -0.4 is 0 Å². The van der Waals surface area contributed by atoms with Gasteiger partial charge < -0.3 is 4.90 Å². The second-order valence-electron chi connectivity index (χ2n) is 7.25. The fraction of sp³-hybridized carbons (Fsp3) is 0.455. The lowest BCUT2D eigenvalue weighted by molar-refractivity contribution is -0.131. The molecule has 1 aromatic carbocycles. The van der Waals surface area contributed by atoms with Crippen LogP contribution in [-0.2, 0) is 24.8 Å². The van der Waals surface area contributed by atoms with Crippen LogP contribution in [0.5, 0.6) is 0 Å². The molecule has 1 aliphatic carbocycles. The molecule has 0 N–H and O–H groups in total. The minimum Gasteiger partial charge on any atom is -0.338 e. The van der Waals surface area contributed by atoms with E-state index < -0.39 is 0 Å². The number of aromatic nitrogens is 2. The summed E-state index contributed by atoms with van der Waals surface area (Å²) in [5, 5.41) is 4.16. The Bertz CT molecular complexity index is 779. The zero-order valence-corrected chi connectivity index (χ0v) is 16.0. The van der Waals surface area contributed by atoms with Gasteiger partial charge in [0.25, 0.3) is 0 Å². The van der Waals surface area contributed by atoms with Crippen LogP contribution in [0.25, 0.3) is 0 Å². The van der Waals surface area contributed by atoms with Gasteiger partial charge >= 0.3 is 0 Å². The van der Waals surface area contributed by atoms with Gasteiger partial charge in [-0.1, -0.05) is 23.8 Å². The summed E-state index contributed by atoms with van der Waals surface area (Å²) in [5.74, 6) is -0.114. The average molecular weight is 369 g/mol. The third kappa shape index (κ3) is 5.78. The van der Waals surface area contributed by atoms with Crippen LogP contribution in [-0.4, -0.2) is 27.1 Å². The molecule has 27 heavy (non-hydrogen) atoms. The molecule has 4 nitrogen and oxygen atoms in total. The third-order valence-corrected chi connectivity index (χ3v) is 5.24. The fourth-order valence-corrected chi connectivity index (χ4v) is 3.55. The van der Waals surface area contributed by atoms with E-state index in [9.17, 15) is 9.18 Å². The van der Waals surface area contributed by atoms with E-state index in [0.717, 1.165) is 30.5 Å². The Labute approximate surface area is 160 Å². The highest BCUT2D eigenvalue weighted by Gasteiger charge is 2.16. The number of amides is 1. The molecule has 0 radical (unpaired) electrons. The van der Waals surface area contributed by atoms with Crippen molar-refractivity contribution in [2.45, 2.75) is 51.5 Å². The Balaban J connectivity index is 1.63. The van der Waals surface area contributed by atoms with E-state index in [1.807, 2.05) is 22.7 Å². The van der Waals surface area contributed by atoms with Crippen LogP contribution in [0.4, 0.5) is 4.39 Å². The number of halogens is 1. The van der Waals surface area contributed by atoms with Crippen LogP contribution in [0.15, 0.2) is 48.2 Å². The molecular formula is C22H28FN3O. The van der Waals surface area contributed by atoms with Crippen molar-refractivity contribution in [1.82, 2.24) is 14.7 Å². The monoisotopic (exact) mass is 369 g/mol. The smallest absolute Gasteiger partial charge is 0.223 e. The van der Waals surface area contributed by atoms with E-state index in [0.29, 0.717) is 25.9 Å². The Hall–Kier alpha value is -2.43. The predicted molar refractivity (Wildman–Crippen MR) is 105 cm³/mol. The second kappa shape index (κ2) is 9.49. The van der Waals surface area contributed by atoms with E-state index in [4.69, 9.17) is 0 Å². The lowest BCUT2D eigenvalue weighted by Gasteiger charge is -2.24. The minimum absolute atomic E-state index is 0.136. The molecule has 0 saturated carbocycles. The molecule has 1 aliphatic rings. The van der Waals surface area contributed by atoms with E-state index in [1.54, 1.807) is 18.3 Å². The van der Waals surface area contributed by atoms with Crippen LogP contribution >= 0.6 is 0 Å². The molecule has 0 spiro atoms. The summed E-state index contributed by atoms with van der Waals surface area (Å²) < 4.78 is 15.0. The van der Waals surface area contributed by atoms with Gasteiger partial charge in [-0.15, -0.1) is 0 Å². The highest BCUT2D eigenvalue weighted by atomic mass is 19.1. The largest absolute Gasteiger partial charge is 0.338 e. The number of aryl methyl sites for hydroxylation is 2. The Morgan fingerprint density at radius 3 is 2.67 bits per heavy atom. The van der Waals surface area contributed by atoms with Crippen molar-refractivity contribution in [2.24, 2.45) is 7.05 Å². The lowest BCUT2D eigenvalue weighted by atomic mass is 9.97. The first kappa shape index (κ1) is 19.3. The summed E-state index contributed by atoms with van der Waals surface area (Å²) in [7, 11) is 1.89. The third-order valence-electron chi connectivity index (χ3n) is 5.24. The van der Waals surface area contributed by atoms with Crippen molar-refractivity contribution >= 4 is 5.91 Å². The van der Waals surface area contributed by atoms with Crippen molar-refractivity contribution in [2.75, 3.05) is 6.54 Å². The fourth-order valence-electron chi connectivity index (χ4n) is 3.55. The molecule has 0 saturated heterocycles. The SMILES string of the molecule is Cn1nccc1CCC(=O)N(CCC1=CCCCC1)Cc1ccc(F)cc1. The van der Waals surface area contributed by atoms with Crippen molar-refractivity contribution in [1.29, 1.82) is 0 Å². The number of nitrogens with zero attached hydrogens (tertiary/aromatic N) is 3. The van der Waals surface area contributed by atoms with Gasteiger partial charge in [0.2, 0.25) is 5.91 Å². The standard InChI is InChI=1S/C22H28FN3O/c1-25-21(13-15-24-25)11-12-22(27)26(16-14-18-5-3-2-4-6-18)17-19-7-9-20(23)10-8-19/h5,7-10,13,15H,2-4,6,11-12,14,16-17H2,1H3. The van der Waals surface area contributed by atoms with Gasteiger partial charge in [-0.25, -0.2) is 4.39 Å². The Morgan fingerprint density at radius 1 is 1.19 bits per heavy atom. The summed E-state index contributed by atoms with van der Waals surface area (Å²) in [6, 6.07) is 8.38. The number of hydrogen-bond acceptors (Lipinski definition) is 2. The number of carbonyl (C=O) groups is 1. The van der Waals surface area contributed by atoms with E-state index in [1.165, 1.54) is 30.5 Å². The summed E-state index contributed by atoms with van der Waals surface area (Å²) in [4.78, 5) is 14.8. The molecule has 1 amide bonds. The van der Waals surface area contributed by atoms with Crippen molar-refractivity contribution in [3.05, 3.63) is 65.3 Å². The molecule has 3 rings (SSSR count). The zero-order valence-electron chi connectivity index (χ0n) is 16.0. The molecule has 0 fully saturated rings. The molecule has 1 heterocycles. The predicted octanol–water partition coefficient (Wildman–Crippen LogP) is 4.41. The number of carbonyl (C=O) groups excluding carboxylic acids is 1. The summed E-state index contributed by atoms with van der Waals surface area (Å²) >= 11 is 0. The number of benzene rings is 1. The zero-order chi connectivity index (χ0) is 19.1. The van der Waals surface area contributed by atoms with E-state index >= 15 is 0 Å². The molecule has 1 aromatic heterocycles. The average Bonchev–Trinajstić information content (AvgIpc) is 3.10. The van der Waals surface area contributed by atoms with Gasteiger partial charge in [-0.3, -0.25) is 9.48 Å². The normalized spacial score (nSPS) is 14.1. The maximum Gasteiger partial charge on any atom is 0.223 e. The minimum atomic E-state index is -0.250. The van der Waals surface area contributed by atoms with Gasteiger partial charge in [-0.05, 0) is 62.3 Å². The quantitative estimate of drug-likeness (QED) is 0.647. The molecule has 0 unspecified atom stereocenters. The van der Waals surface area contributed by atoms with Gasteiger partial charge in [0.05, 0.1) is 0 Å². The number of allylic oxidation sites excluding steroid dienone is 1.